The second kappa shape index (κ2) is 7.55. The van der Waals surface area contributed by atoms with Crippen LogP contribution >= 0.6 is 0 Å². The Morgan fingerprint density at radius 1 is 1.08 bits per heavy atom. The van der Waals surface area contributed by atoms with E-state index in [1.54, 1.807) is 12.3 Å². The van der Waals surface area contributed by atoms with Gasteiger partial charge in [-0.15, -0.1) is 0 Å². The van der Waals surface area contributed by atoms with Gasteiger partial charge < -0.3 is 14.8 Å². The molecule has 1 amide bonds. The third-order valence-corrected chi connectivity index (χ3v) is 5.03. The first kappa shape index (κ1) is 17.3. The molecule has 1 N–H and O–H groups in total. The highest BCUT2D eigenvalue weighted by Gasteiger charge is 2.22. The van der Waals surface area contributed by atoms with Crippen LogP contribution in [-0.2, 0) is 11.2 Å². The van der Waals surface area contributed by atoms with Crippen LogP contribution in [0.3, 0.4) is 0 Å². The number of pyridine rings is 1. The summed E-state index contributed by atoms with van der Waals surface area (Å²) in [6.45, 7) is 7.56. The van der Waals surface area contributed by atoms with Crippen molar-refractivity contribution in [2.24, 2.45) is 0 Å². The zero-order valence-electron chi connectivity index (χ0n) is 14.9. The zero-order chi connectivity index (χ0) is 17.8. The predicted molar refractivity (Wildman–Crippen MR) is 100 cm³/mol. The molecular weight excluding hydrogens is 314 g/mol. The fraction of sp³-hybridized carbons (Fsp3) is 0.400. The van der Waals surface area contributed by atoms with Gasteiger partial charge in [0.15, 0.2) is 0 Å². The minimum atomic E-state index is -0.113. The molecule has 1 aliphatic rings. The average Bonchev–Trinajstić information content (AvgIpc) is 2.63. The number of carbonyl (C=O) groups excluding carboxylic acids is 1. The van der Waals surface area contributed by atoms with Crippen molar-refractivity contribution in [3.63, 3.8) is 0 Å². The van der Waals surface area contributed by atoms with Gasteiger partial charge in [0.05, 0.1) is 0 Å². The Labute approximate surface area is 148 Å². The van der Waals surface area contributed by atoms with Crippen LogP contribution in [-0.4, -0.2) is 42.0 Å². The van der Waals surface area contributed by atoms with Gasteiger partial charge in [0, 0.05) is 50.6 Å². The van der Waals surface area contributed by atoms with Crippen LogP contribution in [0.1, 0.15) is 23.1 Å². The quantitative estimate of drug-likeness (QED) is 0.930. The van der Waals surface area contributed by atoms with Gasteiger partial charge in [-0.25, -0.2) is 0 Å². The van der Waals surface area contributed by atoms with Gasteiger partial charge >= 0.3 is 0 Å². The van der Waals surface area contributed by atoms with Gasteiger partial charge in [0.1, 0.15) is 0 Å². The molecule has 0 bridgehead atoms. The third kappa shape index (κ3) is 4.10. The smallest absolute Gasteiger partial charge is 0.247 e. The van der Waals surface area contributed by atoms with E-state index in [0.717, 1.165) is 31.7 Å². The number of hydrogen-bond acceptors (Lipinski definition) is 3. The number of H-pyrrole nitrogens is 1. The first-order valence-corrected chi connectivity index (χ1v) is 8.81. The van der Waals surface area contributed by atoms with Crippen LogP contribution in [0.5, 0.6) is 0 Å². The molecule has 1 aromatic carbocycles. The summed E-state index contributed by atoms with van der Waals surface area (Å²) in [4.78, 5) is 30.5. The number of hydrogen-bond donors (Lipinski definition) is 1. The lowest BCUT2D eigenvalue weighted by atomic mass is 10.1. The largest absolute Gasteiger partial charge is 0.368 e. The van der Waals surface area contributed by atoms with E-state index >= 15 is 0 Å². The molecule has 1 fully saturated rings. The molecule has 2 aromatic rings. The monoisotopic (exact) mass is 339 g/mol. The molecule has 132 valence electrons. The second-order valence-electron chi connectivity index (χ2n) is 6.65. The Hall–Kier alpha value is -2.56. The second-order valence-corrected chi connectivity index (χ2v) is 6.65. The summed E-state index contributed by atoms with van der Waals surface area (Å²) in [5, 5.41) is 0. The number of piperazine rings is 1. The topological polar surface area (TPSA) is 56.4 Å². The van der Waals surface area contributed by atoms with Crippen molar-refractivity contribution < 1.29 is 4.79 Å². The minimum Gasteiger partial charge on any atom is -0.368 e. The van der Waals surface area contributed by atoms with E-state index in [-0.39, 0.29) is 11.5 Å². The summed E-state index contributed by atoms with van der Waals surface area (Å²) >= 11 is 0. The average molecular weight is 339 g/mol. The highest BCUT2D eigenvalue weighted by atomic mass is 16.2. The number of rotatable bonds is 4. The molecule has 1 aliphatic heterocycles. The molecule has 0 radical (unpaired) electrons. The van der Waals surface area contributed by atoms with Gasteiger partial charge in [-0.2, -0.15) is 0 Å². The third-order valence-electron chi connectivity index (χ3n) is 5.03. The first-order valence-electron chi connectivity index (χ1n) is 8.81. The van der Waals surface area contributed by atoms with E-state index in [9.17, 15) is 9.59 Å². The molecule has 3 rings (SSSR count). The maximum absolute atomic E-state index is 12.4. The SMILES string of the molecule is Cc1cccc(N2CCN(C(=O)CCc3ccc(=O)[nH]c3)CC2)c1C. The van der Waals surface area contributed by atoms with Gasteiger partial charge in [0.25, 0.3) is 0 Å². The molecule has 5 nitrogen and oxygen atoms in total. The number of carbonyl (C=O) groups is 1. The van der Waals surface area contributed by atoms with Crippen LogP contribution < -0.4 is 10.5 Å². The van der Waals surface area contributed by atoms with Crippen molar-refractivity contribution in [2.45, 2.75) is 26.7 Å². The van der Waals surface area contributed by atoms with Crippen LogP contribution in [0.15, 0.2) is 41.3 Å². The summed E-state index contributed by atoms with van der Waals surface area (Å²) < 4.78 is 0. The van der Waals surface area contributed by atoms with Gasteiger partial charge in [0.2, 0.25) is 11.5 Å². The van der Waals surface area contributed by atoms with Crippen molar-refractivity contribution in [1.29, 1.82) is 0 Å². The van der Waals surface area contributed by atoms with E-state index in [1.165, 1.54) is 22.9 Å². The van der Waals surface area contributed by atoms with Crippen molar-refractivity contribution in [3.05, 3.63) is 63.6 Å². The number of nitrogens with zero attached hydrogens (tertiary/aromatic N) is 2. The Morgan fingerprint density at radius 3 is 2.52 bits per heavy atom. The van der Waals surface area contributed by atoms with Crippen molar-refractivity contribution >= 4 is 11.6 Å². The predicted octanol–water partition coefficient (Wildman–Crippen LogP) is 2.27. The molecule has 0 atom stereocenters. The van der Waals surface area contributed by atoms with E-state index in [0.29, 0.717) is 12.8 Å². The minimum absolute atomic E-state index is 0.113. The maximum atomic E-state index is 12.4. The van der Waals surface area contributed by atoms with Crippen LogP contribution in [0, 0.1) is 13.8 Å². The van der Waals surface area contributed by atoms with E-state index in [2.05, 4.69) is 41.9 Å². The highest BCUT2D eigenvalue weighted by Crippen LogP contribution is 2.24. The summed E-state index contributed by atoms with van der Waals surface area (Å²) in [5.74, 6) is 0.187. The number of anilines is 1. The standard InChI is InChI=1S/C20H25N3O2/c1-15-4-3-5-18(16(15)2)22-10-12-23(13-11-22)20(25)9-7-17-6-8-19(24)21-14-17/h3-6,8,14H,7,9-13H2,1-2H3,(H,21,24). The van der Waals surface area contributed by atoms with Crippen molar-refractivity contribution in [2.75, 3.05) is 31.1 Å². The number of aromatic amines is 1. The van der Waals surface area contributed by atoms with Crippen LogP contribution in [0.25, 0.3) is 0 Å². The van der Waals surface area contributed by atoms with Crippen molar-refractivity contribution in [1.82, 2.24) is 9.88 Å². The maximum Gasteiger partial charge on any atom is 0.247 e. The fourth-order valence-corrected chi connectivity index (χ4v) is 3.28. The molecule has 0 spiro atoms. The molecule has 0 saturated carbocycles. The summed E-state index contributed by atoms with van der Waals surface area (Å²) in [6, 6.07) is 9.68. The zero-order valence-corrected chi connectivity index (χ0v) is 14.9. The molecular formula is C20H25N3O2. The Bertz CT molecular complexity index is 784. The normalized spacial score (nSPS) is 14.6. The van der Waals surface area contributed by atoms with Crippen LogP contribution in [0.2, 0.25) is 0 Å². The van der Waals surface area contributed by atoms with E-state index < -0.39 is 0 Å². The molecule has 5 heteroatoms. The molecule has 0 aliphatic carbocycles. The van der Waals surface area contributed by atoms with E-state index in [4.69, 9.17) is 0 Å². The summed E-state index contributed by atoms with van der Waals surface area (Å²) in [7, 11) is 0. The fourth-order valence-electron chi connectivity index (χ4n) is 3.28. The lowest BCUT2D eigenvalue weighted by Crippen LogP contribution is -2.49. The number of amides is 1. The van der Waals surface area contributed by atoms with Gasteiger partial charge in [-0.05, 0) is 43.0 Å². The van der Waals surface area contributed by atoms with Gasteiger partial charge in [-0.3, -0.25) is 9.59 Å². The lowest BCUT2D eigenvalue weighted by Gasteiger charge is -2.37. The number of benzene rings is 1. The first-order chi connectivity index (χ1) is 12.0. The number of aromatic nitrogens is 1. The highest BCUT2D eigenvalue weighted by molar-refractivity contribution is 5.76. The van der Waals surface area contributed by atoms with E-state index in [1.807, 2.05) is 4.90 Å². The molecule has 1 aromatic heterocycles. The number of nitrogens with one attached hydrogen (secondary N) is 1. The molecule has 1 saturated heterocycles. The Balaban J connectivity index is 1.53. The van der Waals surface area contributed by atoms with Gasteiger partial charge in [-0.1, -0.05) is 18.2 Å². The van der Waals surface area contributed by atoms with Crippen molar-refractivity contribution in [3.8, 4) is 0 Å². The number of aryl methyl sites for hydroxylation is 2. The van der Waals surface area contributed by atoms with Crippen LogP contribution in [0.4, 0.5) is 5.69 Å². The Kier molecular flexibility index (Phi) is 5.22. The molecule has 25 heavy (non-hydrogen) atoms. The summed E-state index contributed by atoms with van der Waals surface area (Å²) in [6.07, 6.45) is 2.83. The summed E-state index contributed by atoms with van der Waals surface area (Å²) in [5.41, 5.74) is 4.78. The lowest BCUT2D eigenvalue weighted by molar-refractivity contribution is -0.131. The molecule has 0 unspecified atom stereocenters. The molecule has 2 heterocycles. The Morgan fingerprint density at radius 2 is 1.84 bits per heavy atom.